The third-order valence-corrected chi connectivity index (χ3v) is 1.16. The number of hydrogen-bond acceptors (Lipinski definition) is 2. The average molecular weight is 127 g/mol. The van der Waals surface area contributed by atoms with Gasteiger partial charge in [0.2, 0.25) is 0 Å². The fourth-order valence-electron chi connectivity index (χ4n) is 0.827. The van der Waals surface area contributed by atoms with E-state index in [2.05, 4.69) is 12.7 Å². The van der Waals surface area contributed by atoms with Gasteiger partial charge in [0.1, 0.15) is 0 Å². The van der Waals surface area contributed by atoms with Gasteiger partial charge in [-0.05, 0) is 34.3 Å². The van der Waals surface area contributed by atoms with Gasteiger partial charge in [-0.3, -0.25) is 9.80 Å². The molecule has 0 unspecified atom stereocenters. The topological polar surface area (TPSA) is 6.48 Å². The molecule has 0 saturated heterocycles. The van der Waals surface area contributed by atoms with Crippen LogP contribution in [0.5, 0.6) is 0 Å². The lowest BCUT2D eigenvalue weighted by Gasteiger charge is -2.26. The minimum Gasteiger partial charge on any atom is -0.290 e. The quantitative estimate of drug-likeness (QED) is 0.507. The van der Waals surface area contributed by atoms with Crippen LogP contribution in [0.15, 0.2) is 6.58 Å². The van der Waals surface area contributed by atoms with Crippen LogP contribution in [0.1, 0.15) is 0 Å². The van der Waals surface area contributed by atoms with Gasteiger partial charge in [0, 0.05) is 0 Å². The fourth-order valence-corrected chi connectivity index (χ4v) is 0.827. The van der Waals surface area contributed by atoms with Crippen LogP contribution in [0.2, 0.25) is 0 Å². The van der Waals surface area contributed by atoms with Crippen LogP contribution in [0.4, 0.5) is 0 Å². The summed E-state index contributed by atoms with van der Waals surface area (Å²) in [4.78, 5) is 4.10. The summed E-state index contributed by atoms with van der Waals surface area (Å²) in [5, 5.41) is 0. The molecule has 53 valence electrons. The summed E-state index contributed by atoms with van der Waals surface area (Å²) in [6.45, 7) is 3.60. The predicted octanol–water partition coefficient (Wildman–Crippen LogP) is 0.425. The lowest BCUT2D eigenvalue weighted by atomic mass is 10.4. The molecule has 0 aromatic heterocycles. The average Bonchev–Trinajstić information content (AvgIpc) is 1.64. The second-order valence-electron chi connectivity index (χ2n) is 2.51. The summed E-state index contributed by atoms with van der Waals surface area (Å²) in [5.74, 6) is 0. The molecule has 0 aliphatic carbocycles. The van der Waals surface area contributed by atoms with Gasteiger partial charge in [0.25, 0.3) is 0 Å². The highest BCUT2D eigenvalue weighted by atomic mass is 15.3. The van der Waals surface area contributed by atoms with Gasteiger partial charge in [0.15, 0.2) is 0 Å². The Hall–Kier alpha value is -0.340. The Morgan fingerprint density at radius 1 is 1.11 bits per heavy atom. The molecule has 0 N–H and O–H groups in total. The predicted molar refractivity (Wildman–Crippen MR) is 40.0 cm³/mol. The number of likely N-dealkylation sites (N-methyl/N-ethyl adjacent to an activating group) is 2. The van der Waals surface area contributed by atoms with Crippen LogP contribution < -0.4 is 0 Å². The molecule has 0 heterocycles. The minimum atomic E-state index is 0.227. The van der Waals surface area contributed by atoms with Gasteiger partial charge in [-0.15, -0.1) is 0 Å². The molecule has 0 aliphatic rings. The molecule has 0 amide bonds. The number of hydrogen-bond donors (Lipinski definition) is 0. The molecule has 0 atom stereocenters. The summed E-state index contributed by atoms with van der Waals surface area (Å²) in [6, 6.07) is 0. The maximum Gasteiger partial charge on any atom is 0.0873 e. The highest BCUT2D eigenvalue weighted by Gasteiger charge is 2.07. The molecule has 9 heavy (non-hydrogen) atoms. The van der Waals surface area contributed by atoms with E-state index in [1.165, 1.54) is 0 Å². The van der Waals surface area contributed by atoms with Crippen molar-refractivity contribution < 1.29 is 0 Å². The highest BCUT2D eigenvalue weighted by molar-refractivity contribution is 4.73. The van der Waals surface area contributed by atoms with Crippen molar-refractivity contribution in [2.45, 2.75) is 6.17 Å². The first-order valence-corrected chi connectivity index (χ1v) is 2.95. The standard InChI is InChI=1S/C7H15N2/c1-6-7(8(2)3)9(4)5/h7H,1H2,2-5H3. The van der Waals surface area contributed by atoms with E-state index in [-0.39, 0.29) is 6.17 Å². The van der Waals surface area contributed by atoms with E-state index in [0.717, 1.165) is 0 Å². The molecule has 0 fully saturated rings. The SMILES string of the molecule is C=[C]C(N(C)C)N(C)C. The Balaban J connectivity index is 3.82. The van der Waals surface area contributed by atoms with Gasteiger partial charge in [0.05, 0.1) is 6.17 Å². The van der Waals surface area contributed by atoms with Crippen molar-refractivity contribution in [2.24, 2.45) is 0 Å². The second kappa shape index (κ2) is 3.64. The van der Waals surface area contributed by atoms with E-state index in [0.29, 0.717) is 0 Å². The molecule has 0 saturated carbocycles. The Labute approximate surface area is 57.8 Å². The maximum atomic E-state index is 3.60. The lowest BCUT2D eigenvalue weighted by molar-refractivity contribution is 0.167. The molecular formula is C7H15N2. The monoisotopic (exact) mass is 127 g/mol. The van der Waals surface area contributed by atoms with Crippen LogP contribution in [-0.4, -0.2) is 44.2 Å². The van der Waals surface area contributed by atoms with Crippen molar-refractivity contribution in [3.05, 3.63) is 12.7 Å². The van der Waals surface area contributed by atoms with Crippen molar-refractivity contribution in [1.29, 1.82) is 0 Å². The lowest BCUT2D eigenvalue weighted by Crippen LogP contribution is -2.38. The zero-order valence-electron chi connectivity index (χ0n) is 6.68. The summed E-state index contributed by atoms with van der Waals surface area (Å²) < 4.78 is 0. The largest absolute Gasteiger partial charge is 0.290 e. The third kappa shape index (κ3) is 2.63. The van der Waals surface area contributed by atoms with E-state index in [1.54, 1.807) is 0 Å². The first-order chi connectivity index (χ1) is 4.09. The van der Waals surface area contributed by atoms with Crippen LogP contribution in [0.3, 0.4) is 0 Å². The van der Waals surface area contributed by atoms with Gasteiger partial charge in [-0.25, -0.2) is 0 Å². The number of nitrogens with zero attached hydrogens (tertiary/aromatic N) is 2. The van der Waals surface area contributed by atoms with Gasteiger partial charge in [-0.2, -0.15) is 0 Å². The normalized spacial score (nSPS) is 11.4. The minimum absolute atomic E-state index is 0.227. The smallest absolute Gasteiger partial charge is 0.0873 e. The zero-order chi connectivity index (χ0) is 7.44. The summed E-state index contributed by atoms with van der Waals surface area (Å²) in [5.41, 5.74) is 0. The Morgan fingerprint density at radius 2 is 1.44 bits per heavy atom. The fraction of sp³-hybridized carbons (Fsp3) is 0.714. The maximum absolute atomic E-state index is 3.60. The number of rotatable bonds is 3. The van der Waals surface area contributed by atoms with E-state index in [9.17, 15) is 0 Å². The van der Waals surface area contributed by atoms with Crippen LogP contribution in [-0.2, 0) is 0 Å². The van der Waals surface area contributed by atoms with Crippen molar-refractivity contribution in [3.63, 3.8) is 0 Å². The Morgan fingerprint density at radius 3 is 1.44 bits per heavy atom. The van der Waals surface area contributed by atoms with Crippen LogP contribution >= 0.6 is 0 Å². The summed E-state index contributed by atoms with van der Waals surface area (Å²) in [6.07, 6.45) is 3.13. The summed E-state index contributed by atoms with van der Waals surface area (Å²) in [7, 11) is 8.01. The second-order valence-corrected chi connectivity index (χ2v) is 2.51. The van der Waals surface area contributed by atoms with Crippen molar-refractivity contribution in [3.8, 4) is 0 Å². The van der Waals surface area contributed by atoms with Crippen molar-refractivity contribution in [1.82, 2.24) is 9.80 Å². The molecule has 2 nitrogen and oxygen atoms in total. The molecule has 0 bridgehead atoms. The molecule has 0 aliphatic heterocycles. The molecular weight excluding hydrogens is 112 g/mol. The Kier molecular flexibility index (Phi) is 3.50. The van der Waals surface area contributed by atoms with Crippen molar-refractivity contribution in [2.75, 3.05) is 28.2 Å². The zero-order valence-corrected chi connectivity index (χ0v) is 6.68. The summed E-state index contributed by atoms with van der Waals surface area (Å²) >= 11 is 0. The molecule has 0 spiro atoms. The van der Waals surface area contributed by atoms with E-state index in [4.69, 9.17) is 0 Å². The van der Waals surface area contributed by atoms with Gasteiger partial charge in [-0.1, -0.05) is 6.58 Å². The van der Waals surface area contributed by atoms with Crippen molar-refractivity contribution >= 4 is 0 Å². The highest BCUT2D eigenvalue weighted by Crippen LogP contribution is 1.94. The molecule has 0 aromatic carbocycles. The van der Waals surface area contributed by atoms with E-state index < -0.39 is 0 Å². The van der Waals surface area contributed by atoms with Gasteiger partial charge < -0.3 is 0 Å². The Bertz CT molecular complexity index is 78.9. The molecule has 2 heteroatoms. The molecule has 0 rings (SSSR count). The van der Waals surface area contributed by atoms with Gasteiger partial charge >= 0.3 is 0 Å². The molecule has 1 radical (unpaired) electrons. The van der Waals surface area contributed by atoms with E-state index in [1.807, 2.05) is 38.0 Å². The van der Waals surface area contributed by atoms with Crippen LogP contribution in [0, 0.1) is 6.08 Å². The van der Waals surface area contributed by atoms with Crippen LogP contribution in [0.25, 0.3) is 0 Å². The third-order valence-electron chi connectivity index (χ3n) is 1.16. The molecule has 0 aromatic rings. The first-order valence-electron chi connectivity index (χ1n) is 2.95. The van der Waals surface area contributed by atoms with E-state index >= 15 is 0 Å². The first kappa shape index (κ1) is 8.66.